The Balaban J connectivity index is 2.56. The summed E-state index contributed by atoms with van der Waals surface area (Å²) in [4.78, 5) is 22.9. The van der Waals surface area contributed by atoms with Gasteiger partial charge in [-0.2, -0.15) is 0 Å². The fourth-order valence-electron chi connectivity index (χ4n) is 1.23. The summed E-state index contributed by atoms with van der Waals surface area (Å²) in [6.07, 6.45) is -0.545. The zero-order chi connectivity index (χ0) is 13.9. The lowest BCUT2D eigenvalue weighted by molar-refractivity contribution is -0.140. The predicted octanol–water partition coefficient (Wildman–Crippen LogP) is 1.54. The molecule has 0 bridgehead atoms. The summed E-state index contributed by atoms with van der Waals surface area (Å²) >= 11 is 1.19. The third-order valence-corrected chi connectivity index (χ3v) is 3.14. The Morgan fingerprint density at radius 3 is 2.50 bits per heavy atom. The summed E-state index contributed by atoms with van der Waals surface area (Å²) in [5.41, 5.74) is 0.151. The van der Waals surface area contributed by atoms with Crippen LogP contribution in [-0.4, -0.2) is 30.1 Å². The molecule has 0 aromatic rings. The first-order chi connectivity index (χ1) is 8.23. The highest BCUT2D eigenvalue weighted by Gasteiger charge is 2.30. The third-order valence-electron chi connectivity index (χ3n) is 1.95. The summed E-state index contributed by atoms with van der Waals surface area (Å²) in [5.74, 6) is -0.389. The van der Waals surface area contributed by atoms with Gasteiger partial charge >= 0.3 is 12.1 Å². The average Bonchev–Trinajstić information content (AvgIpc) is 2.56. The van der Waals surface area contributed by atoms with E-state index in [2.05, 4.69) is 15.4 Å². The minimum atomic E-state index is -0.559. The van der Waals surface area contributed by atoms with Crippen molar-refractivity contribution in [3.8, 4) is 0 Å². The maximum Gasteiger partial charge on any atom is 0.412 e. The summed E-state index contributed by atoms with van der Waals surface area (Å²) < 4.78 is 9.75. The molecule has 0 radical (unpaired) electrons. The molecule has 0 saturated carbocycles. The van der Waals surface area contributed by atoms with E-state index in [9.17, 15) is 9.59 Å². The third kappa shape index (κ3) is 4.14. The maximum absolute atomic E-state index is 11.6. The van der Waals surface area contributed by atoms with Crippen LogP contribution in [-0.2, 0) is 14.3 Å². The number of rotatable bonds is 2. The molecule has 2 N–H and O–H groups in total. The topological polar surface area (TPSA) is 76.7 Å². The van der Waals surface area contributed by atoms with E-state index in [4.69, 9.17) is 4.74 Å². The van der Waals surface area contributed by atoms with Gasteiger partial charge in [0.1, 0.15) is 5.60 Å². The van der Waals surface area contributed by atoms with Crippen molar-refractivity contribution in [1.82, 2.24) is 10.6 Å². The van der Waals surface area contributed by atoms with E-state index in [1.165, 1.54) is 18.9 Å². The molecule has 7 heteroatoms. The van der Waals surface area contributed by atoms with Crippen LogP contribution in [0, 0.1) is 0 Å². The molecule has 0 saturated heterocycles. The van der Waals surface area contributed by atoms with Crippen LogP contribution in [0.5, 0.6) is 0 Å². The van der Waals surface area contributed by atoms with Crippen LogP contribution in [0.15, 0.2) is 10.7 Å². The Hall–Kier alpha value is -1.37. The number of amides is 1. The highest BCUT2D eigenvalue weighted by molar-refractivity contribution is 8.04. The summed E-state index contributed by atoms with van der Waals surface area (Å²) in [6, 6.07) is 0. The van der Waals surface area contributed by atoms with Gasteiger partial charge in [0, 0.05) is 5.70 Å². The molecule has 102 valence electrons. The molecule has 1 unspecified atom stereocenters. The highest BCUT2D eigenvalue weighted by atomic mass is 32.2. The molecular weight excluding hydrogens is 256 g/mol. The molecule has 0 aromatic carbocycles. The van der Waals surface area contributed by atoms with E-state index < -0.39 is 17.1 Å². The van der Waals surface area contributed by atoms with Crippen LogP contribution >= 0.6 is 11.8 Å². The Morgan fingerprint density at radius 2 is 2.00 bits per heavy atom. The number of nitrogens with one attached hydrogen (secondary N) is 2. The lowest BCUT2D eigenvalue weighted by Gasteiger charge is -2.19. The van der Waals surface area contributed by atoms with Crippen LogP contribution in [0.4, 0.5) is 4.79 Å². The predicted molar refractivity (Wildman–Crippen MR) is 68.6 cm³/mol. The first-order valence-electron chi connectivity index (χ1n) is 5.45. The van der Waals surface area contributed by atoms with Crippen LogP contribution in [0.25, 0.3) is 0 Å². The minimum Gasteiger partial charge on any atom is -0.467 e. The normalized spacial score (nSPS) is 19.3. The van der Waals surface area contributed by atoms with E-state index >= 15 is 0 Å². The lowest BCUT2D eigenvalue weighted by atomic mass is 10.2. The van der Waals surface area contributed by atoms with Gasteiger partial charge < -0.3 is 14.8 Å². The second-order valence-corrected chi connectivity index (χ2v) is 5.86. The molecule has 0 fully saturated rings. The van der Waals surface area contributed by atoms with E-state index in [1.807, 2.05) is 0 Å². The van der Waals surface area contributed by atoms with Crippen LogP contribution in [0.1, 0.15) is 27.7 Å². The lowest BCUT2D eigenvalue weighted by Crippen LogP contribution is -2.31. The zero-order valence-electron chi connectivity index (χ0n) is 11.1. The maximum atomic E-state index is 11.6. The molecule has 1 atom stereocenters. The SMILES string of the molecule is COC(=O)C1NC(C)=C(NC(=O)OC(C)(C)C)S1. The molecule has 1 aliphatic rings. The van der Waals surface area contributed by atoms with Crippen LogP contribution in [0.3, 0.4) is 0 Å². The Labute approximate surface area is 110 Å². The molecule has 6 nitrogen and oxygen atoms in total. The molecule has 1 aliphatic heterocycles. The van der Waals surface area contributed by atoms with Gasteiger partial charge in [0.15, 0.2) is 5.37 Å². The van der Waals surface area contributed by atoms with Gasteiger partial charge in [-0.1, -0.05) is 11.8 Å². The Kier molecular flexibility index (Phi) is 4.50. The number of thioether (sulfide) groups is 1. The minimum absolute atomic E-state index is 0.389. The van der Waals surface area contributed by atoms with Crippen molar-refractivity contribution in [2.45, 2.75) is 38.7 Å². The summed E-state index contributed by atoms with van der Waals surface area (Å²) in [5, 5.41) is 5.57. The van der Waals surface area contributed by atoms with Crippen molar-refractivity contribution in [2.75, 3.05) is 7.11 Å². The van der Waals surface area contributed by atoms with Gasteiger partial charge in [-0.25, -0.2) is 9.59 Å². The van der Waals surface area contributed by atoms with Gasteiger partial charge in [-0.3, -0.25) is 5.32 Å². The molecule has 1 amide bonds. The van der Waals surface area contributed by atoms with Gasteiger partial charge in [-0.05, 0) is 27.7 Å². The van der Waals surface area contributed by atoms with Gasteiger partial charge in [0.25, 0.3) is 0 Å². The van der Waals surface area contributed by atoms with E-state index in [0.29, 0.717) is 10.7 Å². The summed E-state index contributed by atoms with van der Waals surface area (Å²) in [7, 11) is 1.32. The number of carbonyl (C=O) groups is 2. The Morgan fingerprint density at radius 1 is 1.39 bits per heavy atom. The number of hydrogen-bond acceptors (Lipinski definition) is 6. The Bertz CT molecular complexity index is 387. The van der Waals surface area contributed by atoms with Crippen molar-refractivity contribution in [2.24, 2.45) is 0 Å². The molecule has 0 spiro atoms. The number of allylic oxidation sites excluding steroid dienone is 1. The summed E-state index contributed by atoms with van der Waals surface area (Å²) in [6.45, 7) is 7.12. The number of carbonyl (C=O) groups excluding carboxylic acids is 2. The quantitative estimate of drug-likeness (QED) is 0.744. The zero-order valence-corrected chi connectivity index (χ0v) is 11.9. The smallest absolute Gasteiger partial charge is 0.412 e. The van der Waals surface area contributed by atoms with Crippen molar-refractivity contribution in [3.05, 3.63) is 10.7 Å². The molecule has 0 aliphatic carbocycles. The fourth-order valence-corrected chi connectivity index (χ4v) is 2.27. The molecular formula is C11H18N2O4S. The van der Waals surface area contributed by atoms with Crippen molar-refractivity contribution >= 4 is 23.8 Å². The van der Waals surface area contributed by atoms with Crippen molar-refractivity contribution in [1.29, 1.82) is 0 Å². The molecule has 18 heavy (non-hydrogen) atoms. The van der Waals surface area contributed by atoms with Gasteiger partial charge in [-0.15, -0.1) is 0 Å². The van der Waals surface area contributed by atoms with E-state index in [0.717, 1.165) is 0 Å². The van der Waals surface area contributed by atoms with Crippen molar-refractivity contribution < 1.29 is 19.1 Å². The van der Waals surface area contributed by atoms with Crippen LogP contribution < -0.4 is 10.6 Å². The number of methoxy groups -OCH3 is 1. The molecule has 1 heterocycles. The first-order valence-corrected chi connectivity index (χ1v) is 6.33. The largest absolute Gasteiger partial charge is 0.467 e. The van der Waals surface area contributed by atoms with Crippen LogP contribution in [0.2, 0.25) is 0 Å². The van der Waals surface area contributed by atoms with Gasteiger partial charge in [0.2, 0.25) is 0 Å². The number of esters is 1. The standard InChI is InChI=1S/C11H18N2O4S/c1-6-7(13-10(15)17-11(2,3)4)18-8(12-6)9(14)16-5/h8,12H,1-5H3,(H,13,15). The second kappa shape index (κ2) is 5.51. The number of ether oxygens (including phenoxy) is 2. The average molecular weight is 274 g/mol. The number of hydrogen-bond donors (Lipinski definition) is 2. The van der Waals surface area contributed by atoms with Gasteiger partial charge in [0.05, 0.1) is 12.1 Å². The number of alkyl carbamates (subject to hydrolysis) is 1. The second-order valence-electron chi connectivity index (χ2n) is 4.75. The molecule has 0 aromatic heterocycles. The fraction of sp³-hybridized carbons (Fsp3) is 0.636. The monoisotopic (exact) mass is 274 g/mol. The van der Waals surface area contributed by atoms with E-state index in [1.54, 1.807) is 27.7 Å². The first kappa shape index (κ1) is 14.7. The highest BCUT2D eigenvalue weighted by Crippen LogP contribution is 2.28. The van der Waals surface area contributed by atoms with Crippen molar-refractivity contribution in [3.63, 3.8) is 0 Å². The van der Waals surface area contributed by atoms with E-state index in [-0.39, 0.29) is 5.97 Å². The molecule has 1 rings (SSSR count).